The fourth-order valence-electron chi connectivity index (χ4n) is 3.92. The molecule has 0 bridgehead atoms. The summed E-state index contributed by atoms with van der Waals surface area (Å²) in [5.74, 6) is -2.11. The highest BCUT2D eigenvalue weighted by atomic mass is 32.2. The van der Waals surface area contributed by atoms with E-state index < -0.39 is 37.4 Å². The van der Waals surface area contributed by atoms with E-state index in [1.807, 2.05) is 30.3 Å². The molecule has 36 heavy (non-hydrogen) atoms. The van der Waals surface area contributed by atoms with Gasteiger partial charge in [-0.25, -0.2) is 13.1 Å². The summed E-state index contributed by atoms with van der Waals surface area (Å²) >= 11 is 0. The molecule has 2 rings (SSSR count). The first-order valence-corrected chi connectivity index (χ1v) is 13.0. The van der Waals surface area contributed by atoms with E-state index >= 15 is 0 Å². The van der Waals surface area contributed by atoms with Gasteiger partial charge in [0, 0.05) is 32.2 Å². The number of sulfonamides is 1. The lowest BCUT2D eigenvalue weighted by Crippen LogP contribution is -2.45. The lowest BCUT2D eigenvalue weighted by atomic mass is 9.94. The Bertz CT molecular complexity index is 1140. The van der Waals surface area contributed by atoms with Gasteiger partial charge in [0.05, 0.1) is 17.3 Å². The van der Waals surface area contributed by atoms with E-state index in [0.717, 1.165) is 11.6 Å². The molecule has 0 aliphatic heterocycles. The van der Waals surface area contributed by atoms with E-state index in [1.165, 1.54) is 23.1 Å². The predicted octanol–water partition coefficient (Wildman–Crippen LogP) is 2.16. The minimum absolute atomic E-state index is 0.0545. The molecule has 4 N–H and O–H groups in total. The van der Waals surface area contributed by atoms with Gasteiger partial charge in [-0.05, 0) is 30.9 Å². The normalized spacial score (nSPS) is 13.1. The van der Waals surface area contributed by atoms with E-state index in [9.17, 15) is 33.2 Å². The summed E-state index contributed by atoms with van der Waals surface area (Å²) in [4.78, 5) is 35.9. The van der Waals surface area contributed by atoms with Crippen LogP contribution < -0.4 is 10.5 Å². The number of nitro benzene ring substituents is 1. The molecule has 11 nitrogen and oxygen atoms in total. The van der Waals surface area contributed by atoms with E-state index in [1.54, 1.807) is 7.05 Å². The molecule has 0 saturated heterocycles. The highest BCUT2D eigenvalue weighted by Crippen LogP contribution is 2.23. The van der Waals surface area contributed by atoms with Crippen LogP contribution in [-0.4, -0.2) is 61.4 Å². The Balaban J connectivity index is 1.92. The van der Waals surface area contributed by atoms with Crippen molar-refractivity contribution >= 4 is 27.6 Å². The molecule has 2 aromatic rings. The molecule has 0 radical (unpaired) electrons. The van der Waals surface area contributed by atoms with Crippen molar-refractivity contribution < 1.29 is 28.0 Å². The molecule has 0 aliphatic carbocycles. The average molecular weight is 521 g/mol. The smallest absolute Gasteiger partial charge is 0.304 e. The molecule has 196 valence electrons. The number of unbranched alkanes of at least 4 members (excludes halogenated alkanes) is 1. The summed E-state index contributed by atoms with van der Waals surface area (Å²) in [6, 6.07) is 13.9. The van der Waals surface area contributed by atoms with Gasteiger partial charge >= 0.3 is 5.97 Å². The second-order valence-electron chi connectivity index (χ2n) is 8.44. The van der Waals surface area contributed by atoms with Crippen molar-refractivity contribution in [3.05, 3.63) is 70.3 Å². The number of nitrogens with two attached hydrogens (primary N) is 1. The number of carbonyl (C=O) groups is 2. The molecular weight excluding hydrogens is 488 g/mol. The van der Waals surface area contributed by atoms with Gasteiger partial charge in [-0.1, -0.05) is 48.9 Å². The molecule has 1 amide bonds. The molecule has 2 atom stereocenters. The highest BCUT2D eigenvalue weighted by molar-refractivity contribution is 7.89. The molecule has 0 heterocycles. The number of nitrogens with one attached hydrogen (secondary N) is 1. The number of hydrogen-bond donors (Lipinski definition) is 3. The lowest BCUT2D eigenvalue weighted by Gasteiger charge is -2.30. The Labute approximate surface area is 210 Å². The number of nitrogens with zero attached hydrogens (tertiary/aromatic N) is 2. The number of aliphatic carboxylic acids is 1. The third-order valence-electron chi connectivity index (χ3n) is 5.87. The molecule has 0 aliphatic rings. The van der Waals surface area contributed by atoms with E-state index in [2.05, 4.69) is 4.72 Å². The number of likely N-dealkylation sites (N-methyl/N-ethyl adjacent to an activating group) is 1. The van der Waals surface area contributed by atoms with E-state index in [0.29, 0.717) is 25.7 Å². The number of para-hydroxylation sites is 1. The van der Waals surface area contributed by atoms with Crippen LogP contribution in [0, 0.1) is 16.0 Å². The Morgan fingerprint density at radius 2 is 1.75 bits per heavy atom. The van der Waals surface area contributed by atoms with Crippen molar-refractivity contribution in [1.82, 2.24) is 9.62 Å². The van der Waals surface area contributed by atoms with Crippen LogP contribution in [0.15, 0.2) is 59.5 Å². The average Bonchev–Trinajstić information content (AvgIpc) is 2.85. The second kappa shape index (κ2) is 13.7. The maximum atomic E-state index is 13.1. The first-order chi connectivity index (χ1) is 17.1. The van der Waals surface area contributed by atoms with Crippen LogP contribution in [-0.2, 0) is 26.0 Å². The van der Waals surface area contributed by atoms with Crippen molar-refractivity contribution in [2.75, 3.05) is 20.1 Å². The fraction of sp³-hybridized carbons (Fsp3) is 0.417. The van der Waals surface area contributed by atoms with Gasteiger partial charge in [0.15, 0.2) is 4.90 Å². The van der Waals surface area contributed by atoms with Gasteiger partial charge in [-0.2, -0.15) is 0 Å². The zero-order chi connectivity index (χ0) is 26.7. The summed E-state index contributed by atoms with van der Waals surface area (Å²) in [5, 5.41) is 20.4. The fourth-order valence-corrected chi connectivity index (χ4v) is 5.16. The van der Waals surface area contributed by atoms with Crippen LogP contribution in [0.25, 0.3) is 0 Å². The summed E-state index contributed by atoms with van der Waals surface area (Å²) in [7, 11) is -2.47. The standard InChI is InChI=1S/C24H32N4O7S/c1-27(24(31)19(16-23(29)30)15-18-9-3-2-4-10-18)20(17-25)11-7-8-14-26-36(34,35)22-13-6-5-12-21(22)28(32)33/h2-6,9-10,12-13,19-20,26H,7-8,11,14-17,25H2,1H3,(H,29,30)/t19-,20+/m1/s1. The molecule has 2 aromatic carbocycles. The molecule has 0 fully saturated rings. The number of carbonyl (C=O) groups excluding carboxylic acids is 1. The Kier molecular flexibility index (Phi) is 11.0. The number of hydrogen-bond acceptors (Lipinski definition) is 7. The minimum Gasteiger partial charge on any atom is -0.481 e. The van der Waals surface area contributed by atoms with Gasteiger partial charge in [0.25, 0.3) is 5.69 Å². The van der Waals surface area contributed by atoms with Crippen molar-refractivity contribution in [2.45, 2.75) is 43.0 Å². The molecule has 0 saturated carbocycles. The van der Waals surface area contributed by atoms with Crippen molar-refractivity contribution in [3.8, 4) is 0 Å². The summed E-state index contributed by atoms with van der Waals surface area (Å²) in [6.07, 6.45) is 1.42. The van der Waals surface area contributed by atoms with Crippen molar-refractivity contribution in [3.63, 3.8) is 0 Å². The Morgan fingerprint density at radius 3 is 2.36 bits per heavy atom. The van der Waals surface area contributed by atoms with Gasteiger partial charge in [-0.3, -0.25) is 19.7 Å². The molecular formula is C24H32N4O7S. The van der Waals surface area contributed by atoms with Crippen LogP contribution in [0.1, 0.15) is 31.2 Å². The number of nitro groups is 1. The van der Waals surface area contributed by atoms with Gasteiger partial charge in [-0.15, -0.1) is 0 Å². The van der Waals surface area contributed by atoms with Gasteiger partial charge < -0.3 is 15.7 Å². The second-order valence-corrected chi connectivity index (χ2v) is 10.2. The zero-order valence-electron chi connectivity index (χ0n) is 20.1. The highest BCUT2D eigenvalue weighted by Gasteiger charge is 2.29. The Morgan fingerprint density at radius 1 is 1.11 bits per heavy atom. The Hall–Kier alpha value is -3.35. The van der Waals surface area contributed by atoms with Crippen molar-refractivity contribution in [2.24, 2.45) is 11.7 Å². The zero-order valence-corrected chi connectivity index (χ0v) is 20.9. The number of carboxylic acid groups (broad SMARTS) is 1. The topological polar surface area (TPSA) is 173 Å². The number of amides is 1. The maximum Gasteiger partial charge on any atom is 0.304 e. The third-order valence-corrected chi connectivity index (χ3v) is 7.38. The first-order valence-electron chi connectivity index (χ1n) is 11.5. The molecule has 0 aromatic heterocycles. The largest absolute Gasteiger partial charge is 0.481 e. The number of rotatable bonds is 15. The van der Waals surface area contributed by atoms with E-state index in [-0.39, 0.29) is 31.5 Å². The van der Waals surface area contributed by atoms with Crippen LogP contribution >= 0.6 is 0 Å². The van der Waals surface area contributed by atoms with Crippen LogP contribution in [0.3, 0.4) is 0 Å². The van der Waals surface area contributed by atoms with Crippen LogP contribution in [0.2, 0.25) is 0 Å². The van der Waals surface area contributed by atoms with Crippen LogP contribution in [0.5, 0.6) is 0 Å². The maximum absolute atomic E-state index is 13.1. The minimum atomic E-state index is -4.06. The summed E-state index contributed by atoms with van der Waals surface area (Å²) in [6.45, 7) is 0.217. The first kappa shape index (κ1) is 28.9. The molecule has 0 spiro atoms. The SMILES string of the molecule is CN(C(=O)[C@@H](CC(=O)O)Cc1ccccc1)[C@H](CN)CCCCNS(=O)(=O)c1ccccc1[N+](=O)[O-]. The third kappa shape index (κ3) is 8.40. The quantitative estimate of drug-likeness (QED) is 0.182. The monoisotopic (exact) mass is 520 g/mol. The van der Waals surface area contributed by atoms with Gasteiger partial charge in [0.2, 0.25) is 15.9 Å². The number of carboxylic acids is 1. The van der Waals surface area contributed by atoms with Crippen molar-refractivity contribution in [1.29, 1.82) is 0 Å². The molecule has 0 unspecified atom stereocenters. The number of benzene rings is 2. The predicted molar refractivity (Wildman–Crippen MR) is 134 cm³/mol. The van der Waals surface area contributed by atoms with E-state index in [4.69, 9.17) is 5.73 Å². The lowest BCUT2D eigenvalue weighted by molar-refractivity contribution is -0.387. The van der Waals surface area contributed by atoms with Gasteiger partial charge in [0.1, 0.15) is 0 Å². The summed E-state index contributed by atoms with van der Waals surface area (Å²) in [5.41, 5.74) is 6.25. The van der Waals surface area contributed by atoms with Crippen LogP contribution in [0.4, 0.5) is 5.69 Å². The molecule has 12 heteroatoms. The summed E-state index contributed by atoms with van der Waals surface area (Å²) < 4.78 is 27.3.